The number of nitrogens with one attached hydrogen (secondary N) is 1. The number of anilines is 1. The molecule has 18 heavy (non-hydrogen) atoms. The van der Waals surface area contributed by atoms with Crippen LogP contribution < -0.4 is 5.32 Å². The summed E-state index contributed by atoms with van der Waals surface area (Å²) in [6.07, 6.45) is 2.93. The summed E-state index contributed by atoms with van der Waals surface area (Å²) in [5.74, 6) is 0.344. The molecule has 0 aliphatic rings. The van der Waals surface area contributed by atoms with Crippen LogP contribution in [-0.2, 0) is 4.79 Å². The van der Waals surface area contributed by atoms with Gasteiger partial charge in [0.05, 0.1) is 0 Å². The second kappa shape index (κ2) is 5.27. The summed E-state index contributed by atoms with van der Waals surface area (Å²) in [5, 5.41) is 6.17. The van der Waals surface area contributed by atoms with Gasteiger partial charge in [0, 0.05) is 12.1 Å². The number of carbonyl (C=O) groups excluding carboxylic acids is 1. The highest BCUT2D eigenvalue weighted by Gasteiger charge is 2.02. The highest BCUT2D eigenvalue weighted by molar-refractivity contribution is 6.01. The quantitative estimate of drug-likeness (QED) is 0.847. The molecule has 0 saturated carbocycles. The molecule has 0 fully saturated rings. The fourth-order valence-electron chi connectivity index (χ4n) is 1.34. The third-order valence-electron chi connectivity index (χ3n) is 2.18. The Morgan fingerprint density at radius 3 is 2.72 bits per heavy atom. The summed E-state index contributed by atoms with van der Waals surface area (Å²) in [7, 11) is 0. The third kappa shape index (κ3) is 3.28. The number of hydrogen-bond acceptors (Lipinski definition) is 3. The SMILES string of the molecule is Cc1cc(NC(=O)C=Cc2ccc(F)cc2)no1. The first-order chi connectivity index (χ1) is 8.63. The Labute approximate surface area is 103 Å². The Hall–Kier alpha value is -2.43. The molecule has 2 rings (SSSR count). The topological polar surface area (TPSA) is 55.1 Å². The van der Waals surface area contributed by atoms with Crippen LogP contribution in [0, 0.1) is 12.7 Å². The zero-order valence-corrected chi connectivity index (χ0v) is 9.68. The maximum Gasteiger partial charge on any atom is 0.249 e. The number of rotatable bonds is 3. The monoisotopic (exact) mass is 246 g/mol. The standard InChI is InChI=1S/C13H11FN2O2/c1-9-8-12(16-18-9)15-13(17)7-4-10-2-5-11(14)6-3-10/h2-8H,1H3,(H,15,16,17). The molecule has 1 aromatic carbocycles. The molecule has 1 heterocycles. The summed E-state index contributed by atoms with van der Waals surface area (Å²) < 4.78 is 17.5. The van der Waals surface area contributed by atoms with Gasteiger partial charge >= 0.3 is 0 Å². The molecule has 0 radical (unpaired) electrons. The molecular formula is C13H11FN2O2. The fourth-order valence-corrected chi connectivity index (χ4v) is 1.34. The van der Waals surface area contributed by atoms with E-state index in [1.54, 1.807) is 31.2 Å². The van der Waals surface area contributed by atoms with Gasteiger partial charge < -0.3 is 9.84 Å². The number of carbonyl (C=O) groups is 1. The molecule has 0 spiro atoms. The number of nitrogens with zero attached hydrogens (tertiary/aromatic N) is 1. The maximum atomic E-state index is 12.7. The molecule has 0 aliphatic heterocycles. The van der Waals surface area contributed by atoms with E-state index in [2.05, 4.69) is 10.5 Å². The molecule has 0 unspecified atom stereocenters. The molecule has 0 atom stereocenters. The van der Waals surface area contributed by atoms with Gasteiger partial charge in [0.1, 0.15) is 11.6 Å². The minimum absolute atomic E-state index is 0.310. The molecule has 0 aliphatic carbocycles. The Morgan fingerprint density at radius 2 is 2.11 bits per heavy atom. The molecule has 2 aromatic rings. The van der Waals surface area contributed by atoms with Gasteiger partial charge in [-0.1, -0.05) is 17.3 Å². The van der Waals surface area contributed by atoms with Crippen molar-refractivity contribution in [3.05, 3.63) is 53.5 Å². The van der Waals surface area contributed by atoms with Gasteiger partial charge in [-0.2, -0.15) is 0 Å². The van der Waals surface area contributed by atoms with Gasteiger partial charge in [-0.05, 0) is 30.7 Å². The van der Waals surface area contributed by atoms with E-state index in [9.17, 15) is 9.18 Å². The van der Waals surface area contributed by atoms with Crippen LogP contribution in [0.25, 0.3) is 6.08 Å². The molecule has 1 amide bonds. The fraction of sp³-hybridized carbons (Fsp3) is 0.0769. The summed E-state index contributed by atoms with van der Waals surface area (Å²) >= 11 is 0. The van der Waals surface area contributed by atoms with Crippen LogP contribution in [0.1, 0.15) is 11.3 Å². The van der Waals surface area contributed by atoms with Gasteiger partial charge in [-0.25, -0.2) is 4.39 Å². The lowest BCUT2D eigenvalue weighted by molar-refractivity contribution is -0.111. The Balaban J connectivity index is 1.96. The summed E-state index contributed by atoms with van der Waals surface area (Å²) in [6, 6.07) is 7.44. The van der Waals surface area contributed by atoms with Crippen molar-refractivity contribution >= 4 is 17.8 Å². The lowest BCUT2D eigenvalue weighted by Crippen LogP contribution is -2.07. The molecule has 0 bridgehead atoms. The second-order valence-corrected chi connectivity index (χ2v) is 3.70. The Morgan fingerprint density at radius 1 is 1.39 bits per heavy atom. The van der Waals surface area contributed by atoms with Crippen LogP contribution in [0.5, 0.6) is 0 Å². The van der Waals surface area contributed by atoms with Crippen molar-refractivity contribution < 1.29 is 13.7 Å². The predicted molar refractivity (Wildman–Crippen MR) is 65.3 cm³/mol. The van der Waals surface area contributed by atoms with E-state index in [-0.39, 0.29) is 11.7 Å². The van der Waals surface area contributed by atoms with E-state index in [0.717, 1.165) is 5.56 Å². The number of amides is 1. The molecule has 1 N–H and O–H groups in total. The largest absolute Gasteiger partial charge is 0.360 e. The smallest absolute Gasteiger partial charge is 0.249 e. The first-order valence-corrected chi connectivity index (χ1v) is 5.31. The minimum Gasteiger partial charge on any atom is -0.360 e. The number of aromatic nitrogens is 1. The zero-order chi connectivity index (χ0) is 13.0. The van der Waals surface area contributed by atoms with Crippen molar-refractivity contribution in [1.29, 1.82) is 0 Å². The first kappa shape index (κ1) is 12.0. The van der Waals surface area contributed by atoms with Crippen molar-refractivity contribution in [2.24, 2.45) is 0 Å². The van der Waals surface area contributed by atoms with Crippen LogP contribution in [0.15, 0.2) is 40.9 Å². The van der Waals surface area contributed by atoms with E-state index < -0.39 is 0 Å². The Bertz CT molecular complexity index is 573. The first-order valence-electron chi connectivity index (χ1n) is 5.31. The van der Waals surface area contributed by atoms with Gasteiger partial charge in [0.25, 0.3) is 0 Å². The highest BCUT2D eigenvalue weighted by atomic mass is 19.1. The van der Waals surface area contributed by atoms with Crippen molar-refractivity contribution in [1.82, 2.24) is 5.16 Å². The summed E-state index contributed by atoms with van der Waals surface area (Å²) in [4.78, 5) is 11.5. The minimum atomic E-state index is -0.326. The lowest BCUT2D eigenvalue weighted by atomic mass is 10.2. The third-order valence-corrected chi connectivity index (χ3v) is 2.18. The number of hydrogen-bond donors (Lipinski definition) is 1. The van der Waals surface area contributed by atoms with Crippen molar-refractivity contribution in [3.8, 4) is 0 Å². The second-order valence-electron chi connectivity index (χ2n) is 3.70. The van der Waals surface area contributed by atoms with Crippen LogP contribution in [0.4, 0.5) is 10.2 Å². The number of aryl methyl sites for hydroxylation is 1. The Kier molecular flexibility index (Phi) is 3.52. The van der Waals surface area contributed by atoms with Gasteiger partial charge in [0.15, 0.2) is 5.82 Å². The van der Waals surface area contributed by atoms with Crippen LogP contribution in [0.2, 0.25) is 0 Å². The molecule has 92 valence electrons. The van der Waals surface area contributed by atoms with E-state index in [1.165, 1.54) is 18.2 Å². The van der Waals surface area contributed by atoms with E-state index in [0.29, 0.717) is 11.6 Å². The van der Waals surface area contributed by atoms with Gasteiger partial charge in [0.2, 0.25) is 5.91 Å². The predicted octanol–water partition coefficient (Wildman–Crippen LogP) is 2.77. The van der Waals surface area contributed by atoms with Crippen molar-refractivity contribution in [2.75, 3.05) is 5.32 Å². The maximum absolute atomic E-state index is 12.7. The van der Waals surface area contributed by atoms with Gasteiger partial charge in [-0.3, -0.25) is 4.79 Å². The normalized spacial score (nSPS) is 10.8. The molecular weight excluding hydrogens is 235 g/mol. The number of benzene rings is 1. The zero-order valence-electron chi connectivity index (χ0n) is 9.68. The summed E-state index contributed by atoms with van der Waals surface area (Å²) in [6.45, 7) is 1.73. The van der Waals surface area contributed by atoms with Crippen molar-refractivity contribution in [2.45, 2.75) is 6.92 Å². The molecule has 1 aromatic heterocycles. The van der Waals surface area contributed by atoms with E-state index >= 15 is 0 Å². The summed E-state index contributed by atoms with van der Waals surface area (Å²) in [5.41, 5.74) is 0.739. The van der Waals surface area contributed by atoms with Gasteiger partial charge in [-0.15, -0.1) is 0 Å². The molecule has 0 saturated heterocycles. The average molecular weight is 246 g/mol. The van der Waals surface area contributed by atoms with E-state index in [1.807, 2.05) is 0 Å². The highest BCUT2D eigenvalue weighted by Crippen LogP contribution is 2.08. The molecule has 4 nitrogen and oxygen atoms in total. The van der Waals surface area contributed by atoms with Crippen molar-refractivity contribution in [3.63, 3.8) is 0 Å². The molecule has 5 heteroatoms. The van der Waals surface area contributed by atoms with Crippen LogP contribution >= 0.6 is 0 Å². The lowest BCUT2D eigenvalue weighted by Gasteiger charge is -1.95. The van der Waals surface area contributed by atoms with E-state index in [4.69, 9.17) is 4.52 Å². The van der Waals surface area contributed by atoms with Crippen LogP contribution in [0.3, 0.4) is 0 Å². The average Bonchev–Trinajstić information content (AvgIpc) is 2.74. The number of halogens is 1. The van der Waals surface area contributed by atoms with Crippen LogP contribution in [-0.4, -0.2) is 11.1 Å².